The van der Waals surface area contributed by atoms with Crippen LogP contribution in [0.5, 0.6) is 5.75 Å². The number of hydrogen-bond acceptors (Lipinski definition) is 4. The number of carbonyl (C=O) groups is 2. The maximum atomic E-state index is 12.2. The van der Waals surface area contributed by atoms with Crippen molar-refractivity contribution in [2.45, 2.75) is 33.2 Å². The first-order valence-electron chi connectivity index (χ1n) is 9.53. The fraction of sp³-hybridized carbons (Fsp3) is 0.318. The molecule has 0 saturated heterocycles. The maximum absolute atomic E-state index is 12.2. The highest BCUT2D eigenvalue weighted by Gasteiger charge is 2.10. The molecule has 0 unspecified atom stereocenters. The van der Waals surface area contributed by atoms with E-state index in [-0.39, 0.29) is 24.5 Å². The Morgan fingerprint density at radius 1 is 1.07 bits per heavy atom. The van der Waals surface area contributed by atoms with E-state index in [1.54, 1.807) is 24.3 Å². The fourth-order valence-corrected chi connectivity index (χ4v) is 3.15. The number of carbonyl (C=O) groups excluding carboxylic acids is 2. The van der Waals surface area contributed by atoms with Crippen molar-refractivity contribution in [1.82, 2.24) is 14.9 Å². The molecule has 0 bridgehead atoms. The van der Waals surface area contributed by atoms with E-state index >= 15 is 0 Å². The average Bonchev–Trinajstić information content (AvgIpc) is 3.02. The minimum Gasteiger partial charge on any atom is -0.494 e. The molecule has 146 valence electrons. The van der Waals surface area contributed by atoms with Gasteiger partial charge in [0.15, 0.2) is 5.78 Å². The van der Waals surface area contributed by atoms with Gasteiger partial charge in [-0.2, -0.15) is 0 Å². The molecule has 0 saturated carbocycles. The number of aryl methyl sites for hydroxylation is 1. The van der Waals surface area contributed by atoms with Gasteiger partial charge in [-0.25, -0.2) is 4.98 Å². The zero-order chi connectivity index (χ0) is 19.9. The van der Waals surface area contributed by atoms with Crippen molar-refractivity contribution in [3.63, 3.8) is 0 Å². The Hall–Kier alpha value is -3.15. The highest BCUT2D eigenvalue weighted by Crippen LogP contribution is 2.15. The van der Waals surface area contributed by atoms with Gasteiger partial charge in [0.1, 0.15) is 11.6 Å². The van der Waals surface area contributed by atoms with E-state index in [1.807, 2.05) is 38.1 Å². The van der Waals surface area contributed by atoms with Gasteiger partial charge in [-0.3, -0.25) is 9.59 Å². The Labute approximate surface area is 164 Å². The van der Waals surface area contributed by atoms with Crippen molar-refractivity contribution in [2.75, 3.05) is 13.2 Å². The fourth-order valence-electron chi connectivity index (χ4n) is 3.15. The van der Waals surface area contributed by atoms with E-state index in [0.717, 1.165) is 22.6 Å². The Balaban J connectivity index is 1.45. The van der Waals surface area contributed by atoms with Gasteiger partial charge < -0.3 is 14.6 Å². The van der Waals surface area contributed by atoms with Gasteiger partial charge in [0.25, 0.3) is 0 Å². The van der Waals surface area contributed by atoms with Crippen LogP contribution >= 0.6 is 0 Å². The normalized spacial score (nSPS) is 10.8. The number of fused-ring (bicyclic) bond motifs is 1. The lowest BCUT2D eigenvalue weighted by molar-refractivity contribution is -0.121. The number of aromatic nitrogens is 2. The summed E-state index contributed by atoms with van der Waals surface area (Å²) in [4.78, 5) is 28.8. The second kappa shape index (κ2) is 9.17. The smallest absolute Gasteiger partial charge is 0.220 e. The van der Waals surface area contributed by atoms with Crippen LogP contribution in [0.25, 0.3) is 11.0 Å². The zero-order valence-corrected chi connectivity index (χ0v) is 16.3. The SMILES string of the molecule is CCOc1ccc(C(=O)CCC(=O)NCCn2c(C)nc3ccccc32)cc1. The topological polar surface area (TPSA) is 73.2 Å². The Kier molecular flexibility index (Phi) is 6.42. The van der Waals surface area contributed by atoms with Crippen LogP contribution in [-0.2, 0) is 11.3 Å². The van der Waals surface area contributed by atoms with Gasteiger partial charge in [-0.1, -0.05) is 12.1 Å². The van der Waals surface area contributed by atoms with Gasteiger partial charge in [0.05, 0.1) is 17.6 Å². The van der Waals surface area contributed by atoms with Gasteiger partial charge in [0.2, 0.25) is 5.91 Å². The second-order valence-corrected chi connectivity index (χ2v) is 6.53. The molecular weight excluding hydrogens is 354 g/mol. The second-order valence-electron chi connectivity index (χ2n) is 6.53. The number of imidazole rings is 1. The predicted molar refractivity (Wildman–Crippen MR) is 109 cm³/mol. The van der Waals surface area contributed by atoms with Crippen LogP contribution < -0.4 is 10.1 Å². The predicted octanol–water partition coefficient (Wildman–Crippen LogP) is 3.52. The molecule has 0 spiro atoms. The molecule has 1 aromatic heterocycles. The van der Waals surface area contributed by atoms with E-state index in [9.17, 15) is 9.59 Å². The first-order chi connectivity index (χ1) is 13.6. The average molecular weight is 379 g/mol. The number of ketones is 1. The number of nitrogens with one attached hydrogen (secondary N) is 1. The van der Waals surface area contributed by atoms with Crippen molar-refractivity contribution in [1.29, 1.82) is 0 Å². The van der Waals surface area contributed by atoms with E-state index in [1.165, 1.54) is 0 Å². The number of Topliss-reactive ketones (excluding diaryl/α,β-unsaturated/α-hetero) is 1. The van der Waals surface area contributed by atoms with E-state index in [4.69, 9.17) is 4.74 Å². The van der Waals surface area contributed by atoms with Crippen LogP contribution in [0.2, 0.25) is 0 Å². The summed E-state index contributed by atoms with van der Waals surface area (Å²) in [6.45, 7) is 5.59. The standard InChI is InChI=1S/C22H25N3O3/c1-3-28-18-10-8-17(9-11-18)21(26)12-13-22(27)23-14-15-25-16(2)24-19-6-4-5-7-20(19)25/h4-11H,3,12-15H2,1-2H3,(H,23,27). The molecule has 0 aliphatic heterocycles. The number of rotatable bonds is 9. The zero-order valence-electron chi connectivity index (χ0n) is 16.3. The summed E-state index contributed by atoms with van der Waals surface area (Å²) in [6, 6.07) is 14.9. The number of hydrogen-bond donors (Lipinski definition) is 1. The number of ether oxygens (including phenoxy) is 1. The molecule has 1 amide bonds. The number of para-hydroxylation sites is 2. The molecule has 1 N–H and O–H groups in total. The number of nitrogens with zero attached hydrogens (tertiary/aromatic N) is 2. The summed E-state index contributed by atoms with van der Waals surface area (Å²) in [5, 5.41) is 2.89. The minimum atomic E-state index is -0.124. The molecule has 0 atom stereocenters. The first kappa shape index (κ1) is 19.6. The molecule has 6 heteroatoms. The summed E-state index contributed by atoms with van der Waals surface area (Å²) < 4.78 is 7.45. The number of benzene rings is 2. The molecule has 28 heavy (non-hydrogen) atoms. The van der Waals surface area contributed by atoms with Gasteiger partial charge in [-0.15, -0.1) is 0 Å². The third-order valence-electron chi connectivity index (χ3n) is 4.57. The quantitative estimate of drug-likeness (QED) is 0.577. The molecule has 0 aliphatic carbocycles. The van der Waals surface area contributed by atoms with Crippen molar-refractivity contribution < 1.29 is 14.3 Å². The van der Waals surface area contributed by atoms with E-state index in [0.29, 0.717) is 25.3 Å². The molecule has 0 radical (unpaired) electrons. The van der Waals surface area contributed by atoms with E-state index in [2.05, 4.69) is 14.9 Å². The van der Waals surface area contributed by atoms with Gasteiger partial charge in [-0.05, 0) is 50.2 Å². The van der Waals surface area contributed by atoms with Crippen molar-refractivity contribution in [3.8, 4) is 5.75 Å². The van der Waals surface area contributed by atoms with Crippen molar-refractivity contribution in [2.24, 2.45) is 0 Å². The molecule has 0 fully saturated rings. The molecule has 1 heterocycles. The Morgan fingerprint density at radius 3 is 2.57 bits per heavy atom. The first-order valence-corrected chi connectivity index (χ1v) is 9.53. The maximum Gasteiger partial charge on any atom is 0.220 e. The Bertz CT molecular complexity index is 961. The lowest BCUT2D eigenvalue weighted by Crippen LogP contribution is -2.27. The van der Waals surface area contributed by atoms with Crippen LogP contribution in [0.3, 0.4) is 0 Å². The molecular formula is C22H25N3O3. The molecule has 3 rings (SSSR count). The van der Waals surface area contributed by atoms with Crippen LogP contribution in [-0.4, -0.2) is 34.4 Å². The monoisotopic (exact) mass is 379 g/mol. The number of amides is 1. The van der Waals surface area contributed by atoms with Crippen LogP contribution in [0, 0.1) is 6.92 Å². The third-order valence-corrected chi connectivity index (χ3v) is 4.57. The summed E-state index contributed by atoms with van der Waals surface area (Å²) in [5.74, 6) is 1.48. The third kappa shape index (κ3) is 4.76. The summed E-state index contributed by atoms with van der Waals surface area (Å²) in [6.07, 6.45) is 0.364. The highest BCUT2D eigenvalue weighted by molar-refractivity contribution is 5.98. The summed E-state index contributed by atoms with van der Waals surface area (Å²) in [7, 11) is 0. The highest BCUT2D eigenvalue weighted by atomic mass is 16.5. The molecule has 0 aliphatic rings. The summed E-state index contributed by atoms with van der Waals surface area (Å²) in [5.41, 5.74) is 2.60. The van der Waals surface area contributed by atoms with Crippen molar-refractivity contribution >= 4 is 22.7 Å². The lowest BCUT2D eigenvalue weighted by Gasteiger charge is -2.09. The van der Waals surface area contributed by atoms with Crippen LogP contribution in [0.15, 0.2) is 48.5 Å². The van der Waals surface area contributed by atoms with Crippen LogP contribution in [0.1, 0.15) is 35.9 Å². The molecule has 6 nitrogen and oxygen atoms in total. The van der Waals surface area contributed by atoms with Gasteiger partial charge >= 0.3 is 0 Å². The Morgan fingerprint density at radius 2 is 1.82 bits per heavy atom. The lowest BCUT2D eigenvalue weighted by atomic mass is 10.1. The van der Waals surface area contributed by atoms with E-state index < -0.39 is 0 Å². The van der Waals surface area contributed by atoms with Crippen molar-refractivity contribution in [3.05, 3.63) is 59.9 Å². The minimum absolute atomic E-state index is 0.0466. The van der Waals surface area contributed by atoms with Gasteiger partial charge in [0, 0.05) is 31.5 Å². The largest absolute Gasteiger partial charge is 0.494 e. The molecule has 3 aromatic rings. The summed E-state index contributed by atoms with van der Waals surface area (Å²) >= 11 is 0. The molecule has 2 aromatic carbocycles. The van der Waals surface area contributed by atoms with Crippen LogP contribution in [0.4, 0.5) is 0 Å².